The quantitative estimate of drug-likeness (QED) is 0.838. The maximum absolute atomic E-state index is 12.0. The summed E-state index contributed by atoms with van der Waals surface area (Å²) < 4.78 is 0. The van der Waals surface area contributed by atoms with Crippen molar-refractivity contribution in [2.45, 2.75) is 0 Å². The number of rotatable bonds is 1. The summed E-state index contributed by atoms with van der Waals surface area (Å²) in [6.45, 7) is 1.47. The Hall–Kier alpha value is -0.290. The van der Waals surface area contributed by atoms with Crippen LogP contribution in [0.15, 0.2) is 12.1 Å². The second-order valence-electron chi connectivity index (χ2n) is 3.77. The molecular weight excluding hydrogens is 315 g/mol. The molecule has 0 unspecified atom stereocenters. The predicted molar refractivity (Wildman–Crippen MR) is 79.4 cm³/mol. The van der Waals surface area contributed by atoms with E-state index < -0.39 is 0 Å². The standard InChI is InChI=1S/C11H11Cl3N2OS/c12-7-5-8(13)10(9(14)6-7)15-11(17)16-1-3-18-4-2-16/h5-6H,1-4H2,(H,15,17). The lowest BCUT2D eigenvalue weighted by Gasteiger charge is -2.26. The van der Waals surface area contributed by atoms with Crippen molar-refractivity contribution in [2.75, 3.05) is 29.9 Å². The first-order valence-corrected chi connectivity index (χ1v) is 7.65. The van der Waals surface area contributed by atoms with Gasteiger partial charge < -0.3 is 10.2 Å². The van der Waals surface area contributed by atoms with Crippen molar-refractivity contribution in [2.24, 2.45) is 0 Å². The van der Waals surface area contributed by atoms with Gasteiger partial charge in [0, 0.05) is 29.6 Å². The van der Waals surface area contributed by atoms with Gasteiger partial charge in [0.05, 0.1) is 15.7 Å². The van der Waals surface area contributed by atoms with E-state index >= 15 is 0 Å². The van der Waals surface area contributed by atoms with E-state index in [-0.39, 0.29) is 6.03 Å². The molecule has 98 valence electrons. The van der Waals surface area contributed by atoms with E-state index in [1.165, 1.54) is 0 Å². The first-order valence-electron chi connectivity index (χ1n) is 5.36. The van der Waals surface area contributed by atoms with Crippen LogP contribution in [0.2, 0.25) is 15.1 Å². The van der Waals surface area contributed by atoms with Crippen LogP contribution in [0.1, 0.15) is 0 Å². The number of benzene rings is 1. The molecule has 1 aromatic carbocycles. The Morgan fingerprint density at radius 1 is 1.17 bits per heavy atom. The highest BCUT2D eigenvalue weighted by atomic mass is 35.5. The number of carbonyl (C=O) groups excluding carboxylic acids is 1. The Morgan fingerprint density at radius 3 is 2.28 bits per heavy atom. The Bertz CT molecular complexity index is 441. The van der Waals surface area contributed by atoms with Crippen molar-refractivity contribution < 1.29 is 4.79 Å². The average molecular weight is 326 g/mol. The van der Waals surface area contributed by atoms with Crippen LogP contribution in [-0.2, 0) is 0 Å². The third-order valence-corrected chi connectivity index (χ3v) is 4.29. The molecule has 1 aliphatic heterocycles. The van der Waals surface area contributed by atoms with Crippen LogP contribution < -0.4 is 5.32 Å². The zero-order chi connectivity index (χ0) is 13.1. The normalized spacial score (nSPS) is 15.6. The van der Waals surface area contributed by atoms with Crippen LogP contribution in [0.25, 0.3) is 0 Å². The molecule has 0 aromatic heterocycles. The van der Waals surface area contributed by atoms with E-state index in [9.17, 15) is 4.79 Å². The van der Waals surface area contributed by atoms with E-state index in [1.54, 1.807) is 17.0 Å². The predicted octanol–water partition coefficient (Wildman–Crippen LogP) is 4.23. The topological polar surface area (TPSA) is 32.3 Å². The first kappa shape index (κ1) is 14.1. The molecule has 0 spiro atoms. The molecule has 18 heavy (non-hydrogen) atoms. The fraction of sp³-hybridized carbons (Fsp3) is 0.364. The van der Waals surface area contributed by atoms with Crippen LogP contribution in [0.4, 0.5) is 10.5 Å². The molecule has 0 saturated carbocycles. The number of carbonyl (C=O) groups is 1. The summed E-state index contributed by atoms with van der Waals surface area (Å²) in [7, 11) is 0. The molecular formula is C11H11Cl3N2OS. The van der Waals surface area contributed by atoms with Gasteiger partial charge in [0.2, 0.25) is 0 Å². The number of amides is 2. The fourth-order valence-corrected chi connectivity index (χ4v) is 3.43. The van der Waals surface area contributed by atoms with Gasteiger partial charge in [-0.2, -0.15) is 11.8 Å². The molecule has 0 aliphatic carbocycles. The second-order valence-corrected chi connectivity index (χ2v) is 6.25. The van der Waals surface area contributed by atoms with Crippen LogP contribution >= 0.6 is 46.6 Å². The molecule has 0 radical (unpaired) electrons. The number of hydrogen-bond donors (Lipinski definition) is 1. The SMILES string of the molecule is O=C(Nc1c(Cl)cc(Cl)cc1Cl)N1CCSCC1. The highest BCUT2D eigenvalue weighted by Gasteiger charge is 2.19. The van der Waals surface area contributed by atoms with E-state index in [0.717, 1.165) is 24.6 Å². The Labute approximate surface area is 125 Å². The lowest BCUT2D eigenvalue weighted by molar-refractivity contribution is 0.217. The molecule has 1 fully saturated rings. The molecule has 7 heteroatoms. The van der Waals surface area contributed by atoms with Crippen molar-refractivity contribution in [1.82, 2.24) is 4.90 Å². The lowest BCUT2D eigenvalue weighted by atomic mass is 10.3. The number of thioether (sulfide) groups is 1. The van der Waals surface area contributed by atoms with Crippen LogP contribution in [0, 0.1) is 0 Å². The van der Waals surface area contributed by atoms with Gasteiger partial charge in [-0.05, 0) is 12.1 Å². The number of halogens is 3. The highest BCUT2D eigenvalue weighted by molar-refractivity contribution is 7.99. The zero-order valence-corrected chi connectivity index (χ0v) is 12.5. The molecule has 1 aliphatic rings. The molecule has 1 heterocycles. The summed E-state index contributed by atoms with van der Waals surface area (Å²) in [4.78, 5) is 13.8. The Balaban J connectivity index is 2.11. The van der Waals surface area contributed by atoms with Gasteiger partial charge in [0.1, 0.15) is 0 Å². The zero-order valence-electron chi connectivity index (χ0n) is 9.38. The largest absolute Gasteiger partial charge is 0.323 e. The molecule has 0 bridgehead atoms. The number of nitrogens with one attached hydrogen (secondary N) is 1. The van der Waals surface area contributed by atoms with E-state index in [2.05, 4.69) is 5.32 Å². The number of urea groups is 1. The van der Waals surface area contributed by atoms with Crippen molar-refractivity contribution in [3.05, 3.63) is 27.2 Å². The molecule has 1 aromatic rings. The summed E-state index contributed by atoms with van der Waals surface area (Å²) in [6, 6.07) is 2.93. The lowest BCUT2D eigenvalue weighted by Crippen LogP contribution is -2.40. The van der Waals surface area contributed by atoms with Gasteiger partial charge in [0.15, 0.2) is 0 Å². The number of anilines is 1. The molecule has 1 N–H and O–H groups in total. The summed E-state index contributed by atoms with van der Waals surface area (Å²) >= 11 is 19.7. The Morgan fingerprint density at radius 2 is 1.72 bits per heavy atom. The summed E-state index contributed by atoms with van der Waals surface area (Å²) in [5, 5.41) is 3.85. The van der Waals surface area contributed by atoms with Crippen molar-refractivity contribution >= 4 is 58.3 Å². The van der Waals surface area contributed by atoms with Gasteiger partial charge in [-0.3, -0.25) is 0 Å². The molecule has 2 rings (SSSR count). The number of nitrogens with zero attached hydrogens (tertiary/aromatic N) is 1. The monoisotopic (exact) mass is 324 g/mol. The fourth-order valence-electron chi connectivity index (χ4n) is 1.61. The molecule has 0 atom stereocenters. The van der Waals surface area contributed by atoms with Crippen molar-refractivity contribution in [1.29, 1.82) is 0 Å². The summed E-state index contributed by atoms with van der Waals surface area (Å²) in [6.07, 6.45) is 0. The van der Waals surface area contributed by atoms with Gasteiger partial charge >= 0.3 is 6.03 Å². The minimum absolute atomic E-state index is 0.179. The average Bonchev–Trinajstić information content (AvgIpc) is 2.34. The van der Waals surface area contributed by atoms with Crippen LogP contribution in [0.3, 0.4) is 0 Å². The van der Waals surface area contributed by atoms with Crippen LogP contribution in [0.5, 0.6) is 0 Å². The molecule has 2 amide bonds. The van der Waals surface area contributed by atoms with Gasteiger partial charge in [-0.25, -0.2) is 4.79 Å². The van der Waals surface area contributed by atoms with Gasteiger partial charge in [-0.15, -0.1) is 0 Å². The minimum Gasteiger partial charge on any atom is -0.323 e. The number of hydrogen-bond acceptors (Lipinski definition) is 2. The van der Waals surface area contributed by atoms with Crippen molar-refractivity contribution in [3.8, 4) is 0 Å². The third-order valence-electron chi connectivity index (χ3n) is 2.54. The van der Waals surface area contributed by atoms with Gasteiger partial charge in [-0.1, -0.05) is 34.8 Å². The summed E-state index contributed by atoms with van der Waals surface area (Å²) in [5.74, 6) is 1.91. The Kier molecular flexibility index (Phi) is 4.90. The van der Waals surface area contributed by atoms with E-state index in [0.29, 0.717) is 20.8 Å². The minimum atomic E-state index is -0.179. The molecule has 1 saturated heterocycles. The van der Waals surface area contributed by atoms with E-state index in [4.69, 9.17) is 34.8 Å². The third kappa shape index (κ3) is 3.38. The maximum atomic E-state index is 12.0. The van der Waals surface area contributed by atoms with Crippen LogP contribution in [-0.4, -0.2) is 35.5 Å². The summed E-state index contributed by atoms with van der Waals surface area (Å²) in [5.41, 5.74) is 0.408. The smallest absolute Gasteiger partial charge is 0.321 e. The maximum Gasteiger partial charge on any atom is 0.321 e. The molecule has 3 nitrogen and oxygen atoms in total. The van der Waals surface area contributed by atoms with Crippen molar-refractivity contribution in [3.63, 3.8) is 0 Å². The second kappa shape index (κ2) is 6.24. The highest BCUT2D eigenvalue weighted by Crippen LogP contribution is 2.33. The first-order chi connectivity index (χ1) is 8.58. The van der Waals surface area contributed by atoms with E-state index in [1.807, 2.05) is 11.8 Å². The van der Waals surface area contributed by atoms with Gasteiger partial charge in [0.25, 0.3) is 0 Å².